The molecule has 12 heteroatoms. The molecule has 2 fully saturated rings. The first kappa shape index (κ1) is 30.8. The summed E-state index contributed by atoms with van der Waals surface area (Å²) in [5, 5.41) is 4.85. The third kappa shape index (κ3) is 7.29. The van der Waals surface area contributed by atoms with Crippen LogP contribution < -0.4 is 9.62 Å². The van der Waals surface area contributed by atoms with E-state index in [2.05, 4.69) is 9.62 Å². The van der Waals surface area contributed by atoms with Gasteiger partial charge >= 0.3 is 5.97 Å². The number of sulfonamides is 1. The number of hydrogen-bond acceptors (Lipinski definition) is 8. The summed E-state index contributed by atoms with van der Waals surface area (Å²) in [4.78, 5) is 35.3. The molecular formula is C31H42N6O5S. The summed E-state index contributed by atoms with van der Waals surface area (Å²) in [7, 11) is -3.56. The Kier molecular flexibility index (Phi) is 8.43. The number of likely N-dealkylation sites (tertiary alicyclic amines) is 1. The molecular weight excluding hydrogens is 568 g/mol. The second kappa shape index (κ2) is 11.8. The number of aryl methyl sites for hydroxylation is 2. The highest BCUT2D eigenvalue weighted by Gasteiger charge is 2.33. The first-order chi connectivity index (χ1) is 20.2. The number of esters is 1. The lowest BCUT2D eigenvalue weighted by Gasteiger charge is -2.35. The zero-order valence-electron chi connectivity index (χ0n) is 25.9. The number of rotatable bonds is 7. The summed E-state index contributed by atoms with van der Waals surface area (Å²) in [6.07, 6.45) is 6.89. The van der Waals surface area contributed by atoms with E-state index in [1.807, 2.05) is 51.8 Å². The van der Waals surface area contributed by atoms with Crippen LogP contribution in [0.2, 0.25) is 0 Å². The summed E-state index contributed by atoms with van der Waals surface area (Å²) in [5.41, 5.74) is 3.40. The van der Waals surface area contributed by atoms with Crippen LogP contribution in [0.5, 0.6) is 0 Å². The van der Waals surface area contributed by atoms with Gasteiger partial charge in [-0.25, -0.2) is 17.9 Å². The van der Waals surface area contributed by atoms with E-state index in [1.54, 1.807) is 22.7 Å². The molecule has 0 radical (unpaired) electrons. The van der Waals surface area contributed by atoms with Gasteiger partial charge in [-0.05, 0) is 78.4 Å². The molecule has 2 saturated heterocycles. The number of anilines is 2. The van der Waals surface area contributed by atoms with Crippen molar-refractivity contribution >= 4 is 39.1 Å². The van der Waals surface area contributed by atoms with Gasteiger partial charge in [0.15, 0.2) is 5.65 Å². The van der Waals surface area contributed by atoms with Crippen molar-refractivity contribution in [2.75, 3.05) is 35.5 Å². The van der Waals surface area contributed by atoms with E-state index >= 15 is 0 Å². The average molecular weight is 611 g/mol. The van der Waals surface area contributed by atoms with Gasteiger partial charge in [-0.2, -0.15) is 5.10 Å². The van der Waals surface area contributed by atoms with E-state index in [4.69, 9.17) is 14.8 Å². The lowest BCUT2D eigenvalue weighted by molar-refractivity contribution is -0.155. The molecule has 0 bridgehead atoms. The lowest BCUT2D eigenvalue weighted by atomic mass is 9.97. The number of hydrogen-bond donors (Lipinski definition) is 1. The molecule has 0 unspecified atom stereocenters. The van der Waals surface area contributed by atoms with Gasteiger partial charge < -0.3 is 14.5 Å². The second-order valence-corrected chi connectivity index (χ2v) is 14.7. The molecule has 11 nitrogen and oxygen atoms in total. The number of benzene rings is 1. The van der Waals surface area contributed by atoms with E-state index in [0.29, 0.717) is 24.2 Å². The van der Waals surface area contributed by atoms with Crippen molar-refractivity contribution in [3.05, 3.63) is 52.8 Å². The van der Waals surface area contributed by atoms with Gasteiger partial charge in [0.2, 0.25) is 10.0 Å². The van der Waals surface area contributed by atoms with Gasteiger partial charge in [0.05, 0.1) is 35.7 Å². The summed E-state index contributed by atoms with van der Waals surface area (Å²) < 4.78 is 33.8. The van der Waals surface area contributed by atoms with Crippen molar-refractivity contribution in [2.45, 2.75) is 78.4 Å². The van der Waals surface area contributed by atoms with Crippen molar-refractivity contribution in [2.24, 2.45) is 5.92 Å². The van der Waals surface area contributed by atoms with E-state index in [1.165, 1.54) is 0 Å². The quantitative estimate of drug-likeness (QED) is 0.384. The maximum atomic E-state index is 13.9. The van der Waals surface area contributed by atoms with Crippen LogP contribution in [0.1, 0.15) is 86.1 Å². The van der Waals surface area contributed by atoms with Gasteiger partial charge in [-0.15, -0.1) is 0 Å². The van der Waals surface area contributed by atoms with Crippen LogP contribution in [0.15, 0.2) is 30.5 Å². The molecule has 1 aromatic carbocycles. The summed E-state index contributed by atoms with van der Waals surface area (Å²) in [5.74, 6) is 0.683. The van der Waals surface area contributed by atoms with Crippen molar-refractivity contribution < 1.29 is 22.7 Å². The smallest absolute Gasteiger partial charge is 0.306 e. The van der Waals surface area contributed by atoms with Gasteiger partial charge in [0.1, 0.15) is 11.4 Å². The van der Waals surface area contributed by atoms with Gasteiger partial charge in [0.25, 0.3) is 5.91 Å². The fourth-order valence-corrected chi connectivity index (χ4v) is 6.65. The molecule has 2 atom stereocenters. The van der Waals surface area contributed by atoms with Crippen LogP contribution in [0.25, 0.3) is 5.65 Å². The van der Waals surface area contributed by atoms with Gasteiger partial charge in [-0.1, -0.05) is 11.6 Å². The molecule has 2 aliphatic rings. The zero-order valence-corrected chi connectivity index (χ0v) is 26.7. The number of aromatic nitrogens is 3. The Morgan fingerprint density at radius 2 is 1.86 bits per heavy atom. The number of nitrogens with zero attached hydrogens (tertiary/aromatic N) is 5. The number of amides is 1. The SMILES string of the molecule is Cc1ccc(NS(C)(=O)=O)c(C(=O)N2CCCC[C@H]2c2cc3nc(N4CC[C@H](CC(=O)OC(C)(C)C)C4)c(C)cn3n2)c1. The molecule has 2 aromatic heterocycles. The van der Waals surface area contributed by atoms with Crippen LogP contribution in [0.3, 0.4) is 0 Å². The Morgan fingerprint density at radius 3 is 2.58 bits per heavy atom. The lowest BCUT2D eigenvalue weighted by Crippen LogP contribution is -2.39. The molecule has 1 N–H and O–H groups in total. The van der Waals surface area contributed by atoms with Crippen LogP contribution in [-0.2, 0) is 19.6 Å². The predicted octanol–water partition coefficient (Wildman–Crippen LogP) is 4.64. The minimum absolute atomic E-state index is 0.170. The molecule has 1 amide bonds. The van der Waals surface area contributed by atoms with E-state index < -0.39 is 15.6 Å². The van der Waals surface area contributed by atoms with Crippen molar-refractivity contribution in [1.82, 2.24) is 19.5 Å². The normalized spacial score (nSPS) is 19.6. The third-order valence-electron chi connectivity index (χ3n) is 7.89. The van der Waals surface area contributed by atoms with Gasteiger partial charge in [-0.3, -0.25) is 14.3 Å². The molecule has 4 heterocycles. The third-order valence-corrected chi connectivity index (χ3v) is 8.48. The maximum Gasteiger partial charge on any atom is 0.306 e. The molecule has 43 heavy (non-hydrogen) atoms. The molecule has 0 saturated carbocycles. The molecule has 232 valence electrons. The molecule has 3 aromatic rings. The van der Waals surface area contributed by atoms with E-state index in [9.17, 15) is 18.0 Å². The number of piperidine rings is 1. The molecule has 5 rings (SSSR count). The van der Waals surface area contributed by atoms with Crippen LogP contribution in [0.4, 0.5) is 11.5 Å². The standard InChI is InChI=1S/C31H42N6O5S/c1-20-10-11-24(34-43(6,40)41)23(15-20)30(39)36-13-8-7-9-26(36)25-17-27-32-29(21(2)18-37(27)33-25)35-14-12-22(19-35)16-28(38)42-31(3,4)5/h10-11,15,17-18,22,26,34H,7-9,12-14,16,19H2,1-6H3/t22-,26+/m1/s1. The van der Waals surface area contributed by atoms with Gasteiger partial charge in [0, 0.05) is 37.5 Å². The number of carbonyl (C=O) groups excluding carboxylic acids is 2. The Labute approximate surface area is 253 Å². The van der Waals surface area contributed by atoms with Crippen molar-refractivity contribution in [1.29, 1.82) is 0 Å². The Bertz CT molecular complexity index is 1640. The summed E-state index contributed by atoms with van der Waals surface area (Å²) >= 11 is 0. The fraction of sp³-hybridized carbons (Fsp3) is 0.548. The minimum atomic E-state index is -3.56. The number of ether oxygens (including phenoxy) is 1. The second-order valence-electron chi connectivity index (χ2n) is 12.9. The summed E-state index contributed by atoms with van der Waals surface area (Å²) in [6, 6.07) is 6.83. The molecule has 2 aliphatic heterocycles. The Hall–Kier alpha value is -3.67. The fourth-order valence-electron chi connectivity index (χ4n) is 6.07. The largest absolute Gasteiger partial charge is 0.460 e. The number of nitrogens with one attached hydrogen (secondary N) is 1. The Morgan fingerprint density at radius 1 is 1.09 bits per heavy atom. The van der Waals surface area contributed by atoms with E-state index in [0.717, 1.165) is 67.7 Å². The number of carbonyl (C=O) groups is 2. The highest BCUT2D eigenvalue weighted by atomic mass is 32.2. The molecule has 0 aliphatic carbocycles. The number of fused-ring (bicyclic) bond motifs is 1. The predicted molar refractivity (Wildman–Crippen MR) is 166 cm³/mol. The van der Waals surface area contributed by atoms with Crippen molar-refractivity contribution in [3.63, 3.8) is 0 Å². The highest BCUT2D eigenvalue weighted by Crippen LogP contribution is 2.34. The molecule has 0 spiro atoms. The first-order valence-corrected chi connectivity index (χ1v) is 16.8. The highest BCUT2D eigenvalue weighted by molar-refractivity contribution is 7.92. The van der Waals surface area contributed by atoms with Crippen LogP contribution in [-0.4, -0.2) is 71.3 Å². The zero-order chi connectivity index (χ0) is 31.1. The first-order valence-electron chi connectivity index (χ1n) is 14.9. The van der Waals surface area contributed by atoms with E-state index in [-0.39, 0.29) is 29.5 Å². The minimum Gasteiger partial charge on any atom is -0.460 e. The maximum absolute atomic E-state index is 13.9. The van der Waals surface area contributed by atoms with Crippen LogP contribution >= 0.6 is 0 Å². The van der Waals surface area contributed by atoms with Crippen molar-refractivity contribution in [3.8, 4) is 0 Å². The monoisotopic (exact) mass is 610 g/mol. The topological polar surface area (TPSA) is 126 Å². The van der Waals surface area contributed by atoms with Crippen LogP contribution in [0, 0.1) is 19.8 Å². The Balaban J connectivity index is 1.38. The summed E-state index contributed by atoms with van der Waals surface area (Å²) in [6.45, 7) is 11.6. The average Bonchev–Trinajstić information content (AvgIpc) is 3.53.